The van der Waals surface area contributed by atoms with Crippen molar-refractivity contribution in [2.45, 2.75) is 38.4 Å². The number of benzene rings is 3. The maximum atomic E-state index is 13.4. The zero-order valence-electron chi connectivity index (χ0n) is 16.6. The van der Waals surface area contributed by atoms with Crippen LogP contribution in [-0.2, 0) is 17.6 Å². The normalized spacial score (nSPS) is 20.4. The second-order valence-electron chi connectivity index (χ2n) is 7.95. The minimum Gasteiger partial charge on any atom is -0.337 e. The fourth-order valence-electron chi connectivity index (χ4n) is 4.52. The molecule has 146 valence electrons. The summed E-state index contributed by atoms with van der Waals surface area (Å²) in [6, 6.07) is 27.0. The van der Waals surface area contributed by atoms with Crippen LogP contribution in [0.5, 0.6) is 0 Å². The van der Waals surface area contributed by atoms with E-state index in [1.807, 2.05) is 35.3 Å². The van der Waals surface area contributed by atoms with Gasteiger partial charge < -0.3 is 4.90 Å². The molecule has 29 heavy (non-hydrogen) atoms. The van der Waals surface area contributed by atoms with Crippen LogP contribution in [0.2, 0.25) is 0 Å². The van der Waals surface area contributed by atoms with Crippen LogP contribution < -0.4 is 10.3 Å². The highest BCUT2D eigenvalue weighted by Gasteiger charge is 2.48. The highest BCUT2D eigenvalue weighted by atomic mass is 16.2. The zero-order chi connectivity index (χ0) is 19.8. The van der Waals surface area contributed by atoms with E-state index in [1.54, 1.807) is 0 Å². The average Bonchev–Trinajstić information content (AvgIpc) is 3.02. The van der Waals surface area contributed by atoms with Gasteiger partial charge in [0.05, 0.1) is 5.69 Å². The first-order valence-electron chi connectivity index (χ1n) is 10.3. The third kappa shape index (κ3) is 3.25. The van der Waals surface area contributed by atoms with Gasteiger partial charge in [-0.2, -0.15) is 0 Å². The Balaban J connectivity index is 1.54. The molecule has 1 N–H and O–H groups in total. The second kappa shape index (κ2) is 7.28. The standard InChI is InChI=1S/C25H25N3O/c1-18-11-13-19(14-12-18)17-24-27-22-10-6-5-7-20(22)15-16-23(27)25(29)28(24)26-21-8-3-2-4-9-21/h2-14,23-24,26H,15-17H2,1H3. The Labute approximate surface area is 171 Å². The number of nitrogens with one attached hydrogen (secondary N) is 1. The van der Waals surface area contributed by atoms with Crippen molar-refractivity contribution in [1.29, 1.82) is 0 Å². The number of rotatable bonds is 4. The van der Waals surface area contributed by atoms with Crippen molar-refractivity contribution >= 4 is 17.3 Å². The summed E-state index contributed by atoms with van der Waals surface area (Å²) < 4.78 is 0. The third-order valence-electron chi connectivity index (χ3n) is 6.00. The van der Waals surface area contributed by atoms with Crippen molar-refractivity contribution in [2.75, 3.05) is 10.3 Å². The number of anilines is 2. The Bertz CT molecular complexity index is 1020. The predicted octanol–water partition coefficient (Wildman–Crippen LogP) is 4.55. The lowest BCUT2D eigenvalue weighted by Crippen LogP contribution is -2.46. The number of nitrogens with zero attached hydrogens (tertiary/aromatic N) is 2. The maximum absolute atomic E-state index is 13.4. The SMILES string of the molecule is Cc1ccc(CC2N(Nc3ccccc3)C(=O)C3CCc4ccccc4N32)cc1. The van der Waals surface area contributed by atoms with Crippen LogP contribution in [0.25, 0.3) is 0 Å². The number of amides is 1. The molecule has 0 saturated carbocycles. The Kier molecular flexibility index (Phi) is 4.47. The second-order valence-corrected chi connectivity index (χ2v) is 7.95. The molecule has 0 bridgehead atoms. The molecule has 2 aliphatic rings. The first-order valence-corrected chi connectivity index (χ1v) is 10.3. The van der Waals surface area contributed by atoms with Gasteiger partial charge in [0.15, 0.2) is 0 Å². The van der Waals surface area contributed by atoms with Crippen molar-refractivity contribution in [3.05, 3.63) is 95.6 Å². The molecular formula is C25H25N3O. The topological polar surface area (TPSA) is 35.6 Å². The van der Waals surface area contributed by atoms with E-state index >= 15 is 0 Å². The highest BCUT2D eigenvalue weighted by Crippen LogP contribution is 2.39. The van der Waals surface area contributed by atoms with Crippen LogP contribution >= 0.6 is 0 Å². The van der Waals surface area contributed by atoms with E-state index in [4.69, 9.17) is 0 Å². The Morgan fingerprint density at radius 1 is 0.931 bits per heavy atom. The number of para-hydroxylation sites is 2. The van der Waals surface area contributed by atoms with E-state index in [9.17, 15) is 4.79 Å². The minimum atomic E-state index is -0.114. The maximum Gasteiger partial charge on any atom is 0.265 e. The molecule has 0 aromatic heterocycles. The van der Waals surface area contributed by atoms with Gasteiger partial charge in [-0.05, 0) is 49.1 Å². The van der Waals surface area contributed by atoms with Crippen molar-refractivity contribution in [2.24, 2.45) is 0 Å². The summed E-state index contributed by atoms with van der Waals surface area (Å²) >= 11 is 0. The Hall–Kier alpha value is -3.27. The quantitative estimate of drug-likeness (QED) is 0.718. The first kappa shape index (κ1) is 17.8. The molecule has 1 fully saturated rings. The highest BCUT2D eigenvalue weighted by molar-refractivity contribution is 5.91. The third-order valence-corrected chi connectivity index (χ3v) is 6.00. The molecule has 2 atom stereocenters. The number of carbonyl (C=O) groups is 1. The molecule has 0 radical (unpaired) electrons. The van der Waals surface area contributed by atoms with Crippen molar-refractivity contribution in [3.8, 4) is 0 Å². The molecule has 1 saturated heterocycles. The lowest BCUT2D eigenvalue weighted by Gasteiger charge is -2.37. The minimum absolute atomic E-state index is 0.0723. The van der Waals surface area contributed by atoms with Crippen LogP contribution in [0.1, 0.15) is 23.1 Å². The van der Waals surface area contributed by atoms with Gasteiger partial charge in [0.2, 0.25) is 0 Å². The molecule has 3 aromatic rings. The summed E-state index contributed by atoms with van der Waals surface area (Å²) in [6.07, 6.45) is 2.50. The molecule has 0 spiro atoms. The van der Waals surface area contributed by atoms with Gasteiger partial charge in [-0.25, -0.2) is 5.01 Å². The molecule has 3 aromatic carbocycles. The lowest BCUT2D eigenvalue weighted by atomic mass is 9.96. The lowest BCUT2D eigenvalue weighted by molar-refractivity contribution is -0.128. The van der Waals surface area contributed by atoms with Gasteiger partial charge in [-0.3, -0.25) is 10.2 Å². The van der Waals surface area contributed by atoms with Gasteiger partial charge in [0, 0.05) is 12.1 Å². The monoisotopic (exact) mass is 383 g/mol. The van der Waals surface area contributed by atoms with Crippen LogP contribution in [-0.4, -0.2) is 23.1 Å². The average molecular weight is 383 g/mol. The van der Waals surface area contributed by atoms with Crippen LogP contribution in [0.4, 0.5) is 11.4 Å². The van der Waals surface area contributed by atoms with Gasteiger partial charge in [-0.1, -0.05) is 66.2 Å². The molecule has 2 aliphatic heterocycles. The summed E-state index contributed by atoms with van der Waals surface area (Å²) in [7, 11) is 0. The number of hydrogen-bond donors (Lipinski definition) is 1. The molecule has 2 unspecified atom stereocenters. The van der Waals surface area contributed by atoms with E-state index in [0.717, 1.165) is 24.9 Å². The molecule has 1 amide bonds. The van der Waals surface area contributed by atoms with Gasteiger partial charge in [-0.15, -0.1) is 0 Å². The number of carbonyl (C=O) groups excluding carboxylic acids is 1. The molecule has 0 aliphatic carbocycles. The molecule has 4 nitrogen and oxygen atoms in total. The first-order chi connectivity index (χ1) is 14.2. The number of hydrazine groups is 1. The van der Waals surface area contributed by atoms with Crippen LogP contribution in [0.3, 0.4) is 0 Å². The molecule has 2 heterocycles. The summed E-state index contributed by atoms with van der Waals surface area (Å²) in [5.41, 5.74) is 9.33. The number of aryl methyl sites for hydroxylation is 2. The summed E-state index contributed by atoms with van der Waals surface area (Å²) in [4.78, 5) is 15.8. The van der Waals surface area contributed by atoms with Gasteiger partial charge in [0.1, 0.15) is 12.2 Å². The fraction of sp³-hybridized carbons (Fsp3) is 0.240. The number of fused-ring (bicyclic) bond motifs is 3. The van der Waals surface area contributed by atoms with E-state index < -0.39 is 0 Å². The fourth-order valence-corrected chi connectivity index (χ4v) is 4.52. The molecular weight excluding hydrogens is 358 g/mol. The largest absolute Gasteiger partial charge is 0.337 e. The predicted molar refractivity (Wildman–Crippen MR) is 117 cm³/mol. The molecule has 4 heteroatoms. The van der Waals surface area contributed by atoms with E-state index in [0.29, 0.717) is 0 Å². The summed E-state index contributed by atoms with van der Waals surface area (Å²) in [6.45, 7) is 2.10. The van der Waals surface area contributed by atoms with E-state index in [-0.39, 0.29) is 18.1 Å². The molecule has 5 rings (SSSR count). The van der Waals surface area contributed by atoms with Gasteiger partial charge in [0.25, 0.3) is 5.91 Å². The van der Waals surface area contributed by atoms with Gasteiger partial charge >= 0.3 is 0 Å². The van der Waals surface area contributed by atoms with Crippen LogP contribution in [0, 0.1) is 6.92 Å². The summed E-state index contributed by atoms with van der Waals surface area (Å²) in [5.74, 6) is 0.153. The number of hydrogen-bond acceptors (Lipinski definition) is 3. The Morgan fingerprint density at radius 3 is 2.45 bits per heavy atom. The van der Waals surface area contributed by atoms with Crippen molar-refractivity contribution in [1.82, 2.24) is 5.01 Å². The Morgan fingerprint density at radius 2 is 1.66 bits per heavy atom. The van der Waals surface area contributed by atoms with E-state index in [1.165, 1.54) is 22.4 Å². The summed E-state index contributed by atoms with van der Waals surface area (Å²) in [5, 5.41) is 1.85. The smallest absolute Gasteiger partial charge is 0.265 e. The van der Waals surface area contributed by atoms with Crippen molar-refractivity contribution in [3.63, 3.8) is 0 Å². The van der Waals surface area contributed by atoms with Crippen molar-refractivity contribution < 1.29 is 4.79 Å². The van der Waals surface area contributed by atoms with Crippen LogP contribution in [0.15, 0.2) is 78.9 Å². The van der Waals surface area contributed by atoms with E-state index in [2.05, 4.69) is 65.8 Å². The zero-order valence-corrected chi connectivity index (χ0v) is 16.6.